The van der Waals surface area contributed by atoms with Crippen molar-refractivity contribution >= 4 is 17.9 Å². The lowest BCUT2D eigenvalue weighted by atomic mass is 10.0. The van der Waals surface area contributed by atoms with Crippen LogP contribution in [0.2, 0.25) is 0 Å². The molecule has 0 saturated heterocycles. The molecule has 0 rings (SSSR count). The first kappa shape index (κ1) is 77.9. The third-order valence-electron chi connectivity index (χ3n) is 16.7. The van der Waals surface area contributed by atoms with Crippen molar-refractivity contribution < 1.29 is 28.6 Å². The third kappa shape index (κ3) is 66.7. The predicted octanol–water partition coefficient (Wildman–Crippen LogP) is 25.0. The largest absolute Gasteiger partial charge is 0.462 e. The Morgan fingerprint density at radius 2 is 0.450 bits per heavy atom. The summed E-state index contributed by atoms with van der Waals surface area (Å²) in [7, 11) is 0. The molecule has 0 aliphatic carbocycles. The second-order valence-electron chi connectivity index (χ2n) is 24.9. The third-order valence-corrected chi connectivity index (χ3v) is 16.7. The average Bonchev–Trinajstić information content (AvgIpc) is 3.46. The van der Waals surface area contributed by atoms with E-state index in [1.165, 1.54) is 302 Å². The van der Waals surface area contributed by atoms with E-state index in [0.29, 0.717) is 19.3 Å². The van der Waals surface area contributed by atoms with Crippen molar-refractivity contribution in [3.63, 3.8) is 0 Å². The van der Waals surface area contributed by atoms with Crippen LogP contribution in [0.3, 0.4) is 0 Å². The van der Waals surface area contributed by atoms with Gasteiger partial charge in [0.05, 0.1) is 0 Å². The van der Waals surface area contributed by atoms with Crippen LogP contribution in [0.1, 0.15) is 412 Å². The predicted molar refractivity (Wildman–Crippen MR) is 349 cm³/mol. The van der Waals surface area contributed by atoms with Crippen molar-refractivity contribution in [1.29, 1.82) is 0 Å². The molecule has 0 saturated carbocycles. The van der Waals surface area contributed by atoms with Crippen molar-refractivity contribution in [1.82, 2.24) is 0 Å². The van der Waals surface area contributed by atoms with Gasteiger partial charge in [0.25, 0.3) is 0 Å². The van der Waals surface area contributed by atoms with E-state index in [9.17, 15) is 14.4 Å². The molecule has 0 spiro atoms. The summed E-state index contributed by atoms with van der Waals surface area (Å²) in [6.45, 7) is 6.70. The fourth-order valence-electron chi connectivity index (χ4n) is 11.2. The number of allylic oxidation sites excluding steroid dienone is 4. The average molecular weight is 1130 g/mol. The van der Waals surface area contributed by atoms with E-state index in [1.54, 1.807) is 0 Å². The lowest BCUT2D eigenvalue weighted by Gasteiger charge is -2.18. The van der Waals surface area contributed by atoms with Gasteiger partial charge in [-0.15, -0.1) is 0 Å². The van der Waals surface area contributed by atoms with E-state index in [4.69, 9.17) is 14.2 Å². The van der Waals surface area contributed by atoms with Crippen LogP contribution in [0, 0.1) is 0 Å². The number of ether oxygens (including phenoxy) is 3. The van der Waals surface area contributed by atoms with Crippen LogP contribution in [0.4, 0.5) is 0 Å². The minimum atomic E-state index is -0.772. The fraction of sp³-hybridized carbons (Fsp3) is 0.905. The Labute approximate surface area is 500 Å². The van der Waals surface area contributed by atoms with Crippen molar-refractivity contribution in [3.05, 3.63) is 24.3 Å². The molecule has 0 aromatic heterocycles. The molecule has 6 nitrogen and oxygen atoms in total. The second-order valence-corrected chi connectivity index (χ2v) is 24.9. The zero-order valence-electron chi connectivity index (χ0n) is 54.4. The first-order valence-corrected chi connectivity index (χ1v) is 36.3. The topological polar surface area (TPSA) is 78.9 Å². The zero-order chi connectivity index (χ0) is 57.8. The molecular formula is C74H140O6. The lowest BCUT2D eigenvalue weighted by molar-refractivity contribution is -0.167. The highest BCUT2D eigenvalue weighted by atomic mass is 16.6. The molecule has 472 valence electrons. The molecule has 0 fully saturated rings. The molecule has 0 radical (unpaired) electrons. The Morgan fingerprint density at radius 1 is 0.250 bits per heavy atom. The van der Waals surface area contributed by atoms with Crippen LogP contribution in [-0.2, 0) is 28.6 Å². The van der Waals surface area contributed by atoms with Crippen LogP contribution in [-0.4, -0.2) is 37.2 Å². The quantitative estimate of drug-likeness (QED) is 0.0261. The Kier molecular flexibility index (Phi) is 67.6. The maximum atomic E-state index is 13.0. The highest BCUT2D eigenvalue weighted by Crippen LogP contribution is 2.19. The van der Waals surface area contributed by atoms with Gasteiger partial charge in [0.1, 0.15) is 13.2 Å². The maximum absolute atomic E-state index is 13.0. The summed E-state index contributed by atoms with van der Waals surface area (Å²) < 4.78 is 17.0. The number of rotatable bonds is 68. The lowest BCUT2D eigenvalue weighted by Crippen LogP contribution is -2.30. The second kappa shape index (κ2) is 69.4. The van der Waals surface area contributed by atoms with Gasteiger partial charge in [-0.3, -0.25) is 14.4 Å². The molecule has 80 heavy (non-hydrogen) atoms. The summed E-state index contributed by atoms with van der Waals surface area (Å²) in [4.78, 5) is 38.5. The molecule has 0 heterocycles. The molecule has 0 aliphatic rings. The van der Waals surface area contributed by atoms with E-state index in [2.05, 4.69) is 45.1 Å². The minimum absolute atomic E-state index is 0.0669. The molecule has 1 atom stereocenters. The molecular weight excluding hydrogens is 985 g/mol. The van der Waals surface area contributed by atoms with Gasteiger partial charge in [-0.2, -0.15) is 0 Å². The van der Waals surface area contributed by atoms with Crippen LogP contribution in [0.15, 0.2) is 24.3 Å². The summed E-state index contributed by atoms with van der Waals surface area (Å²) >= 11 is 0. The van der Waals surface area contributed by atoms with E-state index in [0.717, 1.165) is 70.6 Å². The summed E-state index contributed by atoms with van der Waals surface area (Å²) in [6, 6.07) is 0. The molecule has 0 N–H and O–H groups in total. The molecule has 1 unspecified atom stereocenters. The molecule has 0 aliphatic heterocycles. The Balaban J connectivity index is 4.27. The van der Waals surface area contributed by atoms with E-state index in [1.807, 2.05) is 0 Å². The molecule has 0 bridgehead atoms. The van der Waals surface area contributed by atoms with Gasteiger partial charge in [-0.25, -0.2) is 0 Å². The van der Waals surface area contributed by atoms with Crippen molar-refractivity contribution in [2.75, 3.05) is 13.2 Å². The summed E-state index contributed by atoms with van der Waals surface area (Å²) in [5.41, 5.74) is 0. The first-order valence-electron chi connectivity index (χ1n) is 36.3. The number of carbonyl (C=O) groups is 3. The normalized spacial score (nSPS) is 12.1. The number of esters is 3. The number of hydrogen-bond donors (Lipinski definition) is 0. The van der Waals surface area contributed by atoms with Crippen molar-refractivity contribution in [2.24, 2.45) is 0 Å². The number of unbranched alkanes of at least 4 members (excludes halogenated alkanes) is 53. The highest BCUT2D eigenvalue weighted by Gasteiger charge is 2.19. The van der Waals surface area contributed by atoms with Gasteiger partial charge < -0.3 is 14.2 Å². The standard InChI is InChI=1S/C74H140O6/c1-4-7-10-13-16-19-22-25-28-31-33-35-36-37-39-40-43-46-49-52-55-58-61-64-67-73(76)79-70-71(69-78-72(75)66-63-60-57-54-51-48-45-42-30-27-24-21-18-15-12-9-6-3)80-74(77)68-65-62-59-56-53-50-47-44-41-38-34-32-29-26-23-20-17-14-11-8-5-2/h18,21,27,30,71H,4-17,19-20,22-26,28-29,31-70H2,1-3H3/b21-18-,30-27-. The van der Waals surface area contributed by atoms with Gasteiger partial charge in [0, 0.05) is 19.3 Å². The van der Waals surface area contributed by atoms with Gasteiger partial charge in [-0.1, -0.05) is 366 Å². The Morgan fingerprint density at radius 3 is 0.713 bits per heavy atom. The molecule has 6 heteroatoms. The smallest absolute Gasteiger partial charge is 0.306 e. The fourth-order valence-corrected chi connectivity index (χ4v) is 11.2. The van der Waals surface area contributed by atoms with Crippen molar-refractivity contribution in [3.8, 4) is 0 Å². The van der Waals surface area contributed by atoms with Crippen molar-refractivity contribution in [2.45, 2.75) is 419 Å². The van der Waals surface area contributed by atoms with E-state index < -0.39 is 6.10 Å². The highest BCUT2D eigenvalue weighted by molar-refractivity contribution is 5.71. The Bertz CT molecular complexity index is 1290. The van der Waals surface area contributed by atoms with Gasteiger partial charge in [0.2, 0.25) is 0 Å². The number of hydrogen-bond acceptors (Lipinski definition) is 6. The number of carbonyl (C=O) groups excluding carboxylic acids is 3. The van der Waals surface area contributed by atoms with Crippen LogP contribution in [0.5, 0.6) is 0 Å². The first-order chi connectivity index (χ1) is 39.5. The van der Waals surface area contributed by atoms with Crippen LogP contribution >= 0.6 is 0 Å². The summed E-state index contributed by atoms with van der Waals surface area (Å²) in [5.74, 6) is -0.839. The maximum Gasteiger partial charge on any atom is 0.306 e. The zero-order valence-corrected chi connectivity index (χ0v) is 54.4. The summed E-state index contributed by atoms with van der Waals surface area (Å²) in [5, 5.41) is 0. The summed E-state index contributed by atoms with van der Waals surface area (Å²) in [6.07, 6.45) is 84.9. The van der Waals surface area contributed by atoms with Gasteiger partial charge >= 0.3 is 17.9 Å². The van der Waals surface area contributed by atoms with Gasteiger partial charge in [-0.05, 0) is 51.4 Å². The monoisotopic (exact) mass is 1130 g/mol. The Hall–Kier alpha value is -2.11. The van der Waals surface area contributed by atoms with Gasteiger partial charge in [0.15, 0.2) is 6.10 Å². The van der Waals surface area contributed by atoms with E-state index >= 15 is 0 Å². The molecule has 0 aromatic rings. The SMILES string of the molecule is CCCCC/C=C\C/C=C\CCCCCCCCCC(=O)OCC(COC(=O)CCCCCCCCCCCCCCCCCCCCCCCCCC)OC(=O)CCCCCCCCCCCCCCCCCCCCCCC. The van der Waals surface area contributed by atoms with E-state index in [-0.39, 0.29) is 31.1 Å². The minimum Gasteiger partial charge on any atom is -0.462 e. The van der Waals surface area contributed by atoms with Crippen LogP contribution < -0.4 is 0 Å². The molecule has 0 amide bonds. The van der Waals surface area contributed by atoms with Crippen LogP contribution in [0.25, 0.3) is 0 Å². The molecule has 0 aromatic carbocycles.